The quantitative estimate of drug-likeness (QED) is 0.946. The number of rotatable bonds is 3. The molecule has 0 spiro atoms. The Morgan fingerprint density at radius 3 is 2.27 bits per heavy atom. The number of carbonyl (C=O) groups is 1. The SMILES string of the molecule is O=C(O)N1CCN(Cc2cccc(-c3ccccc3)c2)CC1. The first kappa shape index (κ1) is 14.6. The molecule has 1 aliphatic rings. The predicted molar refractivity (Wildman–Crippen MR) is 86.8 cm³/mol. The van der Waals surface area contributed by atoms with E-state index in [1.807, 2.05) is 18.2 Å². The molecule has 2 aromatic carbocycles. The average Bonchev–Trinajstić information content (AvgIpc) is 2.56. The van der Waals surface area contributed by atoms with E-state index in [0.717, 1.165) is 19.6 Å². The van der Waals surface area contributed by atoms with Crippen molar-refractivity contribution in [3.63, 3.8) is 0 Å². The van der Waals surface area contributed by atoms with Crippen molar-refractivity contribution < 1.29 is 9.90 Å². The number of piperazine rings is 1. The molecule has 0 radical (unpaired) electrons. The van der Waals surface area contributed by atoms with Crippen LogP contribution in [-0.2, 0) is 6.54 Å². The fourth-order valence-electron chi connectivity index (χ4n) is 2.84. The third-order valence-corrected chi connectivity index (χ3v) is 4.08. The van der Waals surface area contributed by atoms with Gasteiger partial charge in [0.25, 0.3) is 0 Å². The van der Waals surface area contributed by atoms with Crippen LogP contribution in [0.15, 0.2) is 54.6 Å². The van der Waals surface area contributed by atoms with Gasteiger partial charge < -0.3 is 10.0 Å². The first-order chi connectivity index (χ1) is 10.7. The molecular formula is C18H20N2O2. The maximum absolute atomic E-state index is 10.9. The van der Waals surface area contributed by atoms with Crippen LogP contribution in [0.4, 0.5) is 4.79 Å². The predicted octanol–water partition coefficient (Wildman–Crippen LogP) is 3.15. The van der Waals surface area contributed by atoms with Crippen LogP contribution >= 0.6 is 0 Å². The Hall–Kier alpha value is -2.33. The molecule has 4 nitrogen and oxygen atoms in total. The minimum absolute atomic E-state index is 0.591. The summed E-state index contributed by atoms with van der Waals surface area (Å²) in [5, 5.41) is 8.98. The molecule has 114 valence electrons. The summed E-state index contributed by atoms with van der Waals surface area (Å²) in [6.07, 6.45) is -0.814. The van der Waals surface area contributed by atoms with Gasteiger partial charge in [0.1, 0.15) is 0 Å². The van der Waals surface area contributed by atoms with Crippen molar-refractivity contribution in [2.75, 3.05) is 26.2 Å². The van der Waals surface area contributed by atoms with Crippen molar-refractivity contribution in [2.24, 2.45) is 0 Å². The Balaban J connectivity index is 1.66. The first-order valence-electron chi connectivity index (χ1n) is 7.57. The maximum atomic E-state index is 10.9. The third kappa shape index (κ3) is 3.46. The third-order valence-electron chi connectivity index (χ3n) is 4.08. The second-order valence-corrected chi connectivity index (χ2v) is 5.61. The lowest BCUT2D eigenvalue weighted by Gasteiger charge is -2.33. The Bertz CT molecular complexity index is 635. The van der Waals surface area contributed by atoms with E-state index in [0.29, 0.717) is 13.1 Å². The normalized spacial score (nSPS) is 15.7. The summed E-state index contributed by atoms with van der Waals surface area (Å²) in [7, 11) is 0. The molecule has 1 aliphatic heterocycles. The summed E-state index contributed by atoms with van der Waals surface area (Å²) < 4.78 is 0. The molecule has 22 heavy (non-hydrogen) atoms. The first-order valence-corrected chi connectivity index (χ1v) is 7.57. The molecular weight excluding hydrogens is 276 g/mol. The van der Waals surface area contributed by atoms with Crippen molar-refractivity contribution in [1.29, 1.82) is 0 Å². The van der Waals surface area contributed by atoms with Gasteiger partial charge >= 0.3 is 6.09 Å². The summed E-state index contributed by atoms with van der Waals surface area (Å²) in [6.45, 7) is 3.64. The standard InChI is InChI=1S/C18H20N2O2/c21-18(22)20-11-9-19(10-12-20)14-15-5-4-8-17(13-15)16-6-2-1-3-7-16/h1-8,13H,9-12,14H2,(H,21,22). The van der Waals surface area contributed by atoms with Crippen molar-refractivity contribution >= 4 is 6.09 Å². The van der Waals surface area contributed by atoms with Crippen LogP contribution in [-0.4, -0.2) is 47.2 Å². The van der Waals surface area contributed by atoms with E-state index < -0.39 is 6.09 Å². The van der Waals surface area contributed by atoms with Crippen LogP contribution in [0.3, 0.4) is 0 Å². The molecule has 0 aliphatic carbocycles. The number of nitrogens with zero attached hydrogens (tertiary/aromatic N) is 2. The fourth-order valence-corrected chi connectivity index (χ4v) is 2.84. The summed E-state index contributed by atoms with van der Waals surface area (Å²) in [6, 6.07) is 18.9. The zero-order valence-corrected chi connectivity index (χ0v) is 12.5. The highest BCUT2D eigenvalue weighted by atomic mass is 16.4. The number of benzene rings is 2. The van der Waals surface area contributed by atoms with E-state index in [1.54, 1.807) is 0 Å². The van der Waals surface area contributed by atoms with Crippen LogP contribution in [0.1, 0.15) is 5.56 Å². The largest absolute Gasteiger partial charge is 0.465 e. The smallest absolute Gasteiger partial charge is 0.407 e. The van der Waals surface area contributed by atoms with Crippen LogP contribution in [0, 0.1) is 0 Å². The van der Waals surface area contributed by atoms with Crippen LogP contribution < -0.4 is 0 Å². The average molecular weight is 296 g/mol. The Kier molecular flexibility index (Phi) is 4.39. The molecule has 2 aromatic rings. The van der Waals surface area contributed by atoms with Crippen LogP contribution in [0.25, 0.3) is 11.1 Å². The highest BCUT2D eigenvalue weighted by molar-refractivity contribution is 5.65. The lowest BCUT2D eigenvalue weighted by Crippen LogP contribution is -2.47. The molecule has 1 N–H and O–H groups in total. The van der Waals surface area contributed by atoms with E-state index in [-0.39, 0.29) is 0 Å². The second kappa shape index (κ2) is 6.62. The highest BCUT2D eigenvalue weighted by Crippen LogP contribution is 2.21. The molecule has 0 saturated carbocycles. The van der Waals surface area contributed by atoms with Crippen molar-refractivity contribution in [1.82, 2.24) is 9.80 Å². The van der Waals surface area contributed by atoms with Gasteiger partial charge in [-0.05, 0) is 22.8 Å². The van der Waals surface area contributed by atoms with Crippen molar-refractivity contribution in [3.05, 3.63) is 60.2 Å². The number of hydrogen-bond donors (Lipinski definition) is 1. The zero-order valence-electron chi connectivity index (χ0n) is 12.5. The van der Waals surface area contributed by atoms with E-state index in [4.69, 9.17) is 5.11 Å². The summed E-state index contributed by atoms with van der Waals surface area (Å²) in [5.41, 5.74) is 3.72. The maximum Gasteiger partial charge on any atom is 0.407 e. The molecule has 3 rings (SSSR count). The van der Waals surface area contributed by atoms with E-state index in [2.05, 4.69) is 41.3 Å². The van der Waals surface area contributed by atoms with Gasteiger partial charge in [0.15, 0.2) is 0 Å². The van der Waals surface area contributed by atoms with Gasteiger partial charge in [0, 0.05) is 32.7 Å². The number of carboxylic acid groups (broad SMARTS) is 1. The van der Waals surface area contributed by atoms with Crippen molar-refractivity contribution in [2.45, 2.75) is 6.54 Å². The van der Waals surface area contributed by atoms with E-state index in [9.17, 15) is 4.79 Å². The van der Waals surface area contributed by atoms with E-state index >= 15 is 0 Å². The van der Waals surface area contributed by atoms with Gasteiger partial charge in [-0.15, -0.1) is 0 Å². The molecule has 1 fully saturated rings. The van der Waals surface area contributed by atoms with Gasteiger partial charge in [-0.3, -0.25) is 4.90 Å². The highest BCUT2D eigenvalue weighted by Gasteiger charge is 2.20. The molecule has 0 aromatic heterocycles. The monoisotopic (exact) mass is 296 g/mol. The summed E-state index contributed by atoms with van der Waals surface area (Å²) in [4.78, 5) is 14.7. The second-order valence-electron chi connectivity index (χ2n) is 5.61. The summed E-state index contributed by atoms with van der Waals surface area (Å²) >= 11 is 0. The fraction of sp³-hybridized carbons (Fsp3) is 0.278. The minimum atomic E-state index is -0.814. The molecule has 4 heteroatoms. The zero-order chi connectivity index (χ0) is 15.4. The molecule has 0 unspecified atom stereocenters. The minimum Gasteiger partial charge on any atom is -0.465 e. The molecule has 1 saturated heterocycles. The molecule has 1 heterocycles. The number of hydrogen-bond acceptors (Lipinski definition) is 2. The van der Waals surface area contributed by atoms with Gasteiger partial charge in [-0.25, -0.2) is 4.79 Å². The Morgan fingerprint density at radius 1 is 0.909 bits per heavy atom. The lowest BCUT2D eigenvalue weighted by molar-refractivity contribution is 0.103. The van der Waals surface area contributed by atoms with Gasteiger partial charge in [-0.2, -0.15) is 0 Å². The number of amides is 1. The lowest BCUT2D eigenvalue weighted by atomic mass is 10.0. The van der Waals surface area contributed by atoms with Crippen LogP contribution in [0.5, 0.6) is 0 Å². The van der Waals surface area contributed by atoms with Gasteiger partial charge in [-0.1, -0.05) is 48.5 Å². The van der Waals surface area contributed by atoms with E-state index in [1.165, 1.54) is 21.6 Å². The van der Waals surface area contributed by atoms with Crippen LogP contribution in [0.2, 0.25) is 0 Å². The van der Waals surface area contributed by atoms with Crippen molar-refractivity contribution in [3.8, 4) is 11.1 Å². The molecule has 0 bridgehead atoms. The Labute approximate surface area is 130 Å². The molecule has 1 amide bonds. The summed E-state index contributed by atoms with van der Waals surface area (Å²) in [5.74, 6) is 0. The topological polar surface area (TPSA) is 43.8 Å². The van der Waals surface area contributed by atoms with Gasteiger partial charge in [0.05, 0.1) is 0 Å². The molecule has 0 atom stereocenters. The van der Waals surface area contributed by atoms with Gasteiger partial charge in [0.2, 0.25) is 0 Å². The Morgan fingerprint density at radius 2 is 1.59 bits per heavy atom.